The average Bonchev–Trinajstić information content (AvgIpc) is 3.04. The molecule has 5 heteroatoms. The molecule has 26 heavy (non-hydrogen) atoms. The van der Waals surface area contributed by atoms with Crippen LogP contribution in [-0.2, 0) is 16.8 Å². The van der Waals surface area contributed by atoms with Crippen molar-refractivity contribution >= 4 is 11.7 Å². The number of aryl methyl sites for hydroxylation is 1. The summed E-state index contributed by atoms with van der Waals surface area (Å²) in [5.74, 6) is 0.754. The standard InChI is InChI=1S/C21H23N3O2/c1-2-11-22-20(25)17-7-8-19(23-14-17)24-12-13-26-21(15-24)10-9-16-5-3-4-6-18(16)21/h2-8,14H,1,9-13,15H2,(H,22,25). The molecule has 1 aliphatic carbocycles. The third-order valence-corrected chi connectivity index (χ3v) is 5.23. The zero-order chi connectivity index (χ0) is 18.0. The first-order chi connectivity index (χ1) is 12.7. The van der Waals surface area contributed by atoms with Gasteiger partial charge in [-0.3, -0.25) is 4.79 Å². The molecule has 1 spiro atoms. The van der Waals surface area contributed by atoms with E-state index in [1.54, 1.807) is 12.3 Å². The van der Waals surface area contributed by atoms with Gasteiger partial charge >= 0.3 is 0 Å². The van der Waals surface area contributed by atoms with E-state index in [0.717, 1.165) is 31.7 Å². The molecule has 1 saturated heterocycles. The highest BCUT2D eigenvalue weighted by atomic mass is 16.5. The van der Waals surface area contributed by atoms with Crippen molar-refractivity contribution in [2.24, 2.45) is 0 Å². The van der Waals surface area contributed by atoms with E-state index in [1.807, 2.05) is 12.1 Å². The van der Waals surface area contributed by atoms with Crippen LogP contribution in [0, 0.1) is 0 Å². The van der Waals surface area contributed by atoms with Crippen molar-refractivity contribution in [1.29, 1.82) is 0 Å². The zero-order valence-electron chi connectivity index (χ0n) is 14.8. The van der Waals surface area contributed by atoms with Crippen LogP contribution in [0.4, 0.5) is 5.82 Å². The van der Waals surface area contributed by atoms with E-state index in [0.29, 0.717) is 18.7 Å². The number of rotatable bonds is 4. The summed E-state index contributed by atoms with van der Waals surface area (Å²) in [4.78, 5) is 18.8. The minimum atomic E-state index is -0.240. The maximum absolute atomic E-state index is 12.0. The van der Waals surface area contributed by atoms with Crippen molar-refractivity contribution < 1.29 is 9.53 Å². The Morgan fingerprint density at radius 3 is 3.04 bits per heavy atom. The fourth-order valence-corrected chi connectivity index (χ4v) is 3.92. The Morgan fingerprint density at radius 2 is 2.23 bits per heavy atom. The summed E-state index contributed by atoms with van der Waals surface area (Å²) in [6.45, 7) is 6.33. The van der Waals surface area contributed by atoms with Crippen LogP contribution in [0.25, 0.3) is 0 Å². The lowest BCUT2D eigenvalue weighted by atomic mass is 9.93. The lowest BCUT2D eigenvalue weighted by Gasteiger charge is -2.41. The number of hydrogen-bond donors (Lipinski definition) is 1. The molecule has 1 unspecified atom stereocenters. The molecule has 1 N–H and O–H groups in total. The summed E-state index contributed by atoms with van der Waals surface area (Å²) >= 11 is 0. The Hall–Kier alpha value is -2.66. The maximum atomic E-state index is 12.0. The molecule has 134 valence electrons. The van der Waals surface area contributed by atoms with Crippen LogP contribution < -0.4 is 10.2 Å². The number of fused-ring (bicyclic) bond motifs is 2. The molecule has 1 aromatic heterocycles. The highest BCUT2D eigenvalue weighted by molar-refractivity contribution is 5.94. The number of benzene rings is 1. The lowest BCUT2D eigenvalue weighted by Crippen LogP contribution is -2.49. The molecule has 0 bridgehead atoms. The van der Waals surface area contributed by atoms with Crippen molar-refractivity contribution in [3.63, 3.8) is 0 Å². The normalized spacial score (nSPS) is 21.5. The summed E-state index contributed by atoms with van der Waals surface area (Å²) in [6, 6.07) is 12.3. The number of hydrogen-bond acceptors (Lipinski definition) is 4. The van der Waals surface area contributed by atoms with Crippen LogP contribution in [0.5, 0.6) is 0 Å². The van der Waals surface area contributed by atoms with Gasteiger partial charge in [0, 0.05) is 19.3 Å². The molecule has 1 aromatic carbocycles. The summed E-state index contributed by atoms with van der Waals surface area (Å²) in [6.07, 6.45) is 5.36. The minimum absolute atomic E-state index is 0.132. The first-order valence-electron chi connectivity index (χ1n) is 9.04. The van der Waals surface area contributed by atoms with E-state index in [-0.39, 0.29) is 11.5 Å². The van der Waals surface area contributed by atoms with Gasteiger partial charge in [0.05, 0.1) is 18.7 Å². The van der Waals surface area contributed by atoms with E-state index >= 15 is 0 Å². The zero-order valence-corrected chi connectivity index (χ0v) is 14.8. The van der Waals surface area contributed by atoms with Gasteiger partial charge in [-0.25, -0.2) is 4.98 Å². The quantitative estimate of drug-likeness (QED) is 0.863. The predicted octanol–water partition coefficient (Wildman–Crippen LogP) is 2.68. The Kier molecular flexibility index (Phi) is 4.47. The van der Waals surface area contributed by atoms with Gasteiger partial charge in [0.1, 0.15) is 11.4 Å². The number of carbonyl (C=O) groups excluding carboxylic acids is 1. The smallest absolute Gasteiger partial charge is 0.253 e. The number of ether oxygens (including phenoxy) is 1. The summed E-state index contributed by atoms with van der Waals surface area (Å²) in [5.41, 5.74) is 3.02. The summed E-state index contributed by atoms with van der Waals surface area (Å²) < 4.78 is 6.27. The average molecular weight is 349 g/mol. The van der Waals surface area contributed by atoms with Crippen molar-refractivity contribution in [1.82, 2.24) is 10.3 Å². The summed E-state index contributed by atoms with van der Waals surface area (Å²) in [7, 11) is 0. The van der Waals surface area contributed by atoms with Crippen LogP contribution >= 0.6 is 0 Å². The van der Waals surface area contributed by atoms with Gasteiger partial charge in [-0.2, -0.15) is 0 Å². The highest BCUT2D eigenvalue weighted by Gasteiger charge is 2.43. The first-order valence-corrected chi connectivity index (χ1v) is 9.04. The maximum Gasteiger partial charge on any atom is 0.253 e. The van der Waals surface area contributed by atoms with Crippen molar-refractivity contribution in [2.75, 3.05) is 31.1 Å². The van der Waals surface area contributed by atoms with E-state index in [4.69, 9.17) is 4.74 Å². The van der Waals surface area contributed by atoms with E-state index < -0.39 is 0 Å². The topological polar surface area (TPSA) is 54.5 Å². The van der Waals surface area contributed by atoms with Gasteiger partial charge in [-0.15, -0.1) is 6.58 Å². The van der Waals surface area contributed by atoms with Gasteiger partial charge in [-0.1, -0.05) is 30.3 Å². The molecule has 2 heterocycles. The number of carbonyl (C=O) groups is 1. The molecule has 0 saturated carbocycles. The number of nitrogens with zero attached hydrogens (tertiary/aromatic N) is 2. The predicted molar refractivity (Wildman–Crippen MR) is 101 cm³/mol. The van der Waals surface area contributed by atoms with Crippen LogP contribution in [0.3, 0.4) is 0 Å². The second kappa shape index (κ2) is 6.92. The largest absolute Gasteiger partial charge is 0.367 e. The number of pyridine rings is 1. The molecule has 2 aromatic rings. The number of aromatic nitrogens is 1. The van der Waals surface area contributed by atoms with Gasteiger partial charge in [0.2, 0.25) is 0 Å². The lowest BCUT2D eigenvalue weighted by molar-refractivity contribution is -0.0594. The molecule has 4 rings (SSSR count). The molecular weight excluding hydrogens is 326 g/mol. The Bertz CT molecular complexity index is 814. The number of anilines is 1. The van der Waals surface area contributed by atoms with E-state index in [1.165, 1.54) is 11.1 Å². The van der Waals surface area contributed by atoms with Crippen LogP contribution in [-0.4, -0.2) is 37.1 Å². The van der Waals surface area contributed by atoms with Crippen molar-refractivity contribution in [3.8, 4) is 0 Å². The van der Waals surface area contributed by atoms with Crippen LogP contribution in [0.2, 0.25) is 0 Å². The number of nitrogens with one attached hydrogen (secondary N) is 1. The highest BCUT2D eigenvalue weighted by Crippen LogP contribution is 2.42. The fraction of sp³-hybridized carbons (Fsp3) is 0.333. The van der Waals surface area contributed by atoms with Gasteiger partial charge in [-0.05, 0) is 36.1 Å². The Balaban J connectivity index is 1.52. The molecule has 1 aliphatic heterocycles. The monoisotopic (exact) mass is 349 g/mol. The SMILES string of the molecule is C=CCNC(=O)c1ccc(N2CCOC3(CCc4ccccc43)C2)nc1. The van der Waals surface area contributed by atoms with Gasteiger partial charge in [0.15, 0.2) is 0 Å². The van der Waals surface area contributed by atoms with E-state index in [2.05, 4.69) is 46.0 Å². The molecule has 1 atom stereocenters. The number of morpholine rings is 1. The van der Waals surface area contributed by atoms with Gasteiger partial charge in [0.25, 0.3) is 5.91 Å². The minimum Gasteiger partial charge on any atom is -0.367 e. The van der Waals surface area contributed by atoms with Crippen LogP contribution in [0.1, 0.15) is 27.9 Å². The van der Waals surface area contributed by atoms with E-state index in [9.17, 15) is 4.79 Å². The molecular formula is C21H23N3O2. The molecule has 0 radical (unpaired) electrons. The third kappa shape index (κ3) is 2.99. The Morgan fingerprint density at radius 1 is 1.35 bits per heavy atom. The molecule has 2 aliphatic rings. The molecule has 1 fully saturated rings. The second-order valence-electron chi connectivity index (χ2n) is 6.83. The first kappa shape index (κ1) is 16.8. The number of amides is 1. The second-order valence-corrected chi connectivity index (χ2v) is 6.83. The molecule has 1 amide bonds. The van der Waals surface area contributed by atoms with Gasteiger partial charge < -0.3 is 15.0 Å². The van der Waals surface area contributed by atoms with Crippen molar-refractivity contribution in [3.05, 3.63) is 71.9 Å². The summed E-state index contributed by atoms with van der Waals surface area (Å²) in [5, 5.41) is 2.77. The molecule has 5 nitrogen and oxygen atoms in total. The third-order valence-electron chi connectivity index (χ3n) is 5.23. The Labute approximate surface area is 153 Å². The van der Waals surface area contributed by atoms with Crippen LogP contribution in [0.15, 0.2) is 55.3 Å². The fourth-order valence-electron chi connectivity index (χ4n) is 3.92. The van der Waals surface area contributed by atoms with Crippen molar-refractivity contribution in [2.45, 2.75) is 18.4 Å².